The third-order valence-electron chi connectivity index (χ3n) is 2.00. The Labute approximate surface area is 118 Å². The summed E-state index contributed by atoms with van der Waals surface area (Å²) in [5.74, 6) is -1.83. The topological polar surface area (TPSA) is 98.0 Å². The molecule has 0 aromatic heterocycles. The highest BCUT2D eigenvalue weighted by molar-refractivity contribution is 9.10. The van der Waals surface area contributed by atoms with Crippen molar-refractivity contribution in [1.29, 1.82) is 10.7 Å². The van der Waals surface area contributed by atoms with E-state index in [1.807, 2.05) is 0 Å². The highest BCUT2D eigenvalue weighted by Gasteiger charge is 2.32. The van der Waals surface area contributed by atoms with E-state index in [0.29, 0.717) is 12.1 Å². The van der Waals surface area contributed by atoms with Gasteiger partial charge in [-0.2, -0.15) is 23.5 Å². The molecule has 0 unspecified atom stereocenters. The number of nitriles is 1. The fourth-order valence-corrected chi connectivity index (χ4v) is 1.41. The number of hydrogen-bond donors (Lipinski definition) is 3. The molecule has 0 saturated heterocycles. The van der Waals surface area contributed by atoms with Gasteiger partial charge in [-0.1, -0.05) is 0 Å². The fourth-order valence-electron chi connectivity index (χ4n) is 1.10. The van der Waals surface area contributed by atoms with Crippen molar-refractivity contribution in [2.24, 2.45) is 10.8 Å². The number of benzene rings is 1. The second-order valence-electron chi connectivity index (χ2n) is 3.42. The molecule has 10 heteroatoms. The van der Waals surface area contributed by atoms with E-state index < -0.39 is 29.1 Å². The molecular formula is C10H6BrF4N5. The summed E-state index contributed by atoms with van der Waals surface area (Å²) in [5, 5.41) is 18.9. The largest absolute Gasteiger partial charge is 0.416 e. The van der Waals surface area contributed by atoms with Crippen molar-refractivity contribution in [1.82, 2.24) is 0 Å². The summed E-state index contributed by atoms with van der Waals surface area (Å²) in [5.41, 5.74) is 4.93. The molecule has 0 fully saturated rings. The van der Waals surface area contributed by atoms with Crippen molar-refractivity contribution in [2.75, 3.05) is 5.43 Å². The number of amidine groups is 1. The molecule has 1 rings (SSSR count). The molecule has 20 heavy (non-hydrogen) atoms. The monoisotopic (exact) mass is 351 g/mol. The number of rotatable bonds is 3. The number of alkyl halides is 3. The van der Waals surface area contributed by atoms with Crippen molar-refractivity contribution < 1.29 is 17.6 Å². The van der Waals surface area contributed by atoms with Crippen LogP contribution in [0.1, 0.15) is 5.56 Å². The average molecular weight is 352 g/mol. The molecule has 0 bridgehead atoms. The van der Waals surface area contributed by atoms with Gasteiger partial charge < -0.3 is 5.73 Å². The predicted octanol–water partition coefficient (Wildman–Crippen LogP) is 2.83. The van der Waals surface area contributed by atoms with Gasteiger partial charge >= 0.3 is 6.18 Å². The van der Waals surface area contributed by atoms with Crippen LogP contribution in [0.15, 0.2) is 21.7 Å². The lowest BCUT2D eigenvalue weighted by atomic mass is 10.2. The van der Waals surface area contributed by atoms with Crippen LogP contribution in [0.5, 0.6) is 0 Å². The Morgan fingerprint density at radius 1 is 1.45 bits per heavy atom. The molecule has 0 aliphatic rings. The van der Waals surface area contributed by atoms with Gasteiger partial charge in [0.1, 0.15) is 11.9 Å². The molecule has 1 aromatic carbocycles. The zero-order valence-corrected chi connectivity index (χ0v) is 11.1. The summed E-state index contributed by atoms with van der Waals surface area (Å²) in [6.07, 6.45) is -4.74. The summed E-state index contributed by atoms with van der Waals surface area (Å²) < 4.78 is 50.6. The smallest absolute Gasteiger partial charge is 0.382 e. The molecule has 0 aliphatic heterocycles. The Morgan fingerprint density at radius 3 is 2.50 bits per heavy atom. The zero-order valence-electron chi connectivity index (χ0n) is 9.52. The average Bonchev–Trinajstić information content (AvgIpc) is 2.33. The van der Waals surface area contributed by atoms with E-state index in [1.54, 1.807) is 0 Å². The van der Waals surface area contributed by atoms with E-state index in [2.05, 4.69) is 26.5 Å². The summed E-state index contributed by atoms with van der Waals surface area (Å²) in [6.45, 7) is 0. The van der Waals surface area contributed by atoms with Gasteiger partial charge in [-0.05, 0) is 28.1 Å². The Hall–Kier alpha value is -2.15. The lowest BCUT2D eigenvalue weighted by Crippen LogP contribution is -2.22. The standard InChI is InChI=1S/C10H6BrF4N5/c11-8-5(12)1-4(10(13,14)15)2-6(8)19-20-7(3-16)9(17)18/h1-2,19H,(H3,17,18)/b20-7+. The molecule has 0 heterocycles. The SMILES string of the molecule is N#C/C(=N\Nc1cc(C(F)(F)F)cc(F)c1Br)C(=N)N. The van der Waals surface area contributed by atoms with Crippen LogP contribution in [0.25, 0.3) is 0 Å². The lowest BCUT2D eigenvalue weighted by molar-refractivity contribution is -0.137. The second kappa shape index (κ2) is 5.87. The molecule has 5 nitrogen and oxygen atoms in total. The summed E-state index contributed by atoms with van der Waals surface area (Å²) in [6, 6.07) is 2.37. The van der Waals surface area contributed by atoms with E-state index in [4.69, 9.17) is 16.4 Å². The van der Waals surface area contributed by atoms with Crippen LogP contribution >= 0.6 is 15.9 Å². The highest BCUT2D eigenvalue weighted by Crippen LogP contribution is 2.35. The Bertz CT molecular complexity index is 617. The third-order valence-corrected chi connectivity index (χ3v) is 2.81. The Morgan fingerprint density at radius 2 is 2.05 bits per heavy atom. The van der Waals surface area contributed by atoms with Crippen LogP contribution in [0, 0.1) is 22.6 Å². The van der Waals surface area contributed by atoms with Crippen LogP contribution < -0.4 is 11.2 Å². The number of hydrazone groups is 1. The fraction of sp³-hybridized carbons (Fsp3) is 0.100. The summed E-state index contributed by atoms with van der Waals surface area (Å²) in [7, 11) is 0. The number of nitrogens with one attached hydrogen (secondary N) is 2. The minimum absolute atomic E-state index is 0.296. The van der Waals surface area contributed by atoms with E-state index in [1.165, 1.54) is 6.07 Å². The molecular weight excluding hydrogens is 346 g/mol. The molecule has 4 N–H and O–H groups in total. The second-order valence-corrected chi connectivity index (χ2v) is 4.21. The Balaban J connectivity index is 3.23. The quantitative estimate of drug-likeness (QED) is 0.338. The van der Waals surface area contributed by atoms with E-state index >= 15 is 0 Å². The minimum atomic E-state index is -4.74. The third kappa shape index (κ3) is 3.67. The van der Waals surface area contributed by atoms with E-state index in [-0.39, 0.29) is 10.2 Å². The first-order chi connectivity index (χ1) is 9.16. The van der Waals surface area contributed by atoms with Gasteiger partial charge in [0.2, 0.25) is 5.71 Å². The van der Waals surface area contributed by atoms with E-state index in [9.17, 15) is 17.6 Å². The normalized spacial score (nSPS) is 11.9. The van der Waals surface area contributed by atoms with Crippen molar-refractivity contribution in [3.05, 3.63) is 28.0 Å². The summed E-state index contributed by atoms with van der Waals surface area (Å²) >= 11 is 2.75. The van der Waals surface area contributed by atoms with Crippen molar-refractivity contribution in [3.8, 4) is 6.07 Å². The molecule has 0 aliphatic carbocycles. The van der Waals surface area contributed by atoms with Gasteiger partial charge in [-0.15, -0.1) is 0 Å². The van der Waals surface area contributed by atoms with Crippen molar-refractivity contribution >= 4 is 33.2 Å². The maximum atomic E-state index is 13.4. The van der Waals surface area contributed by atoms with Crippen molar-refractivity contribution in [2.45, 2.75) is 6.18 Å². The lowest BCUT2D eigenvalue weighted by Gasteiger charge is -2.11. The van der Waals surface area contributed by atoms with Crippen molar-refractivity contribution in [3.63, 3.8) is 0 Å². The minimum Gasteiger partial charge on any atom is -0.382 e. The number of hydrogen-bond acceptors (Lipinski definition) is 4. The van der Waals surface area contributed by atoms with Crippen LogP contribution in [0.4, 0.5) is 23.2 Å². The molecule has 0 saturated carbocycles. The molecule has 0 amide bonds. The van der Waals surface area contributed by atoms with Gasteiger partial charge in [0, 0.05) is 0 Å². The molecule has 1 aromatic rings. The maximum Gasteiger partial charge on any atom is 0.416 e. The molecule has 0 radical (unpaired) electrons. The zero-order chi connectivity index (χ0) is 15.5. The van der Waals surface area contributed by atoms with Crippen LogP contribution in [-0.4, -0.2) is 11.5 Å². The summed E-state index contributed by atoms with van der Waals surface area (Å²) in [4.78, 5) is 0. The Kier molecular flexibility index (Phi) is 4.67. The van der Waals surface area contributed by atoms with Gasteiger partial charge in [0.25, 0.3) is 0 Å². The van der Waals surface area contributed by atoms with Crippen LogP contribution in [-0.2, 0) is 6.18 Å². The maximum absolute atomic E-state index is 13.4. The van der Waals surface area contributed by atoms with E-state index in [0.717, 1.165) is 0 Å². The number of anilines is 1. The first-order valence-corrected chi connectivity index (χ1v) is 5.60. The highest BCUT2D eigenvalue weighted by atomic mass is 79.9. The van der Waals surface area contributed by atoms with Gasteiger partial charge in [0.05, 0.1) is 15.7 Å². The first kappa shape index (κ1) is 15.9. The molecule has 0 spiro atoms. The predicted molar refractivity (Wildman–Crippen MR) is 67.7 cm³/mol. The number of nitrogens with two attached hydrogens (primary N) is 1. The number of halogens is 5. The molecule has 0 atom stereocenters. The first-order valence-electron chi connectivity index (χ1n) is 4.81. The van der Waals surface area contributed by atoms with Crippen LogP contribution in [0.2, 0.25) is 0 Å². The van der Waals surface area contributed by atoms with Gasteiger partial charge in [-0.25, -0.2) is 4.39 Å². The van der Waals surface area contributed by atoms with Crippen LogP contribution in [0.3, 0.4) is 0 Å². The molecule has 106 valence electrons. The number of nitrogens with zero attached hydrogens (tertiary/aromatic N) is 2. The van der Waals surface area contributed by atoms with Gasteiger partial charge in [0.15, 0.2) is 5.84 Å². The van der Waals surface area contributed by atoms with Gasteiger partial charge in [-0.3, -0.25) is 10.8 Å².